The van der Waals surface area contributed by atoms with E-state index in [9.17, 15) is 4.79 Å². The molecule has 0 fully saturated rings. The van der Waals surface area contributed by atoms with Crippen molar-refractivity contribution in [1.82, 2.24) is 0 Å². The van der Waals surface area contributed by atoms with Gasteiger partial charge in [0.25, 0.3) is 0 Å². The third kappa shape index (κ3) is 3.91. The minimum absolute atomic E-state index is 0.0227. The fourth-order valence-corrected chi connectivity index (χ4v) is 3.21. The molecule has 0 saturated carbocycles. The van der Waals surface area contributed by atoms with Crippen molar-refractivity contribution >= 4 is 29.5 Å². The van der Waals surface area contributed by atoms with Crippen LogP contribution in [0.5, 0.6) is 5.75 Å². The van der Waals surface area contributed by atoms with Gasteiger partial charge in [0.05, 0.1) is 17.7 Å². The summed E-state index contributed by atoms with van der Waals surface area (Å²) in [6.07, 6.45) is 4.38. The first kappa shape index (κ1) is 19.2. The van der Waals surface area contributed by atoms with Crippen LogP contribution in [0.1, 0.15) is 31.4 Å². The maximum Gasteiger partial charge on any atom is 0.341 e. The minimum atomic E-state index is -0.947. The number of esters is 1. The predicted molar refractivity (Wildman–Crippen MR) is 108 cm³/mol. The second-order valence-corrected chi connectivity index (χ2v) is 7.15. The van der Waals surface area contributed by atoms with Crippen molar-refractivity contribution in [3.63, 3.8) is 0 Å². The number of halogens is 1. The van der Waals surface area contributed by atoms with Crippen molar-refractivity contribution in [3.05, 3.63) is 70.8 Å². The molecule has 1 atom stereocenters. The van der Waals surface area contributed by atoms with Crippen molar-refractivity contribution in [2.45, 2.75) is 25.8 Å². The summed E-state index contributed by atoms with van der Waals surface area (Å²) >= 11 is 6.24. The molecule has 1 aliphatic heterocycles. The summed E-state index contributed by atoms with van der Waals surface area (Å²) in [5.74, 6) is 0.730. The molecule has 1 aliphatic rings. The van der Waals surface area contributed by atoms with Gasteiger partial charge in [-0.1, -0.05) is 61.9 Å². The topological polar surface area (TPSA) is 47.9 Å². The highest BCUT2D eigenvalue weighted by Crippen LogP contribution is 2.35. The van der Waals surface area contributed by atoms with Gasteiger partial charge in [-0.3, -0.25) is 0 Å². The Balaban J connectivity index is 1.85. The van der Waals surface area contributed by atoms with Gasteiger partial charge in [-0.2, -0.15) is 0 Å². The molecule has 0 N–H and O–H groups in total. The summed E-state index contributed by atoms with van der Waals surface area (Å²) in [6.45, 7) is 3.95. The number of methoxy groups -OCH3 is 1. The monoisotopic (exact) mass is 383 g/mol. The number of carbonyl (C=O) groups is 1. The standard InChI is InChI=1S/C22H22ClNO3/c1-15(2)22(14-6-7-16-10-12-17(26-3)13-11-16)21(25)27-20(24-22)18-8-4-5-9-19(18)23/h4-13,15H,14H2,1-3H3/b7-6+/t22-/m1/s1. The molecule has 2 aromatic carbocycles. The quantitative estimate of drug-likeness (QED) is 0.648. The van der Waals surface area contributed by atoms with Crippen molar-refractivity contribution in [3.8, 4) is 5.75 Å². The summed E-state index contributed by atoms with van der Waals surface area (Å²) in [5, 5.41) is 0.511. The molecular weight excluding hydrogens is 362 g/mol. The van der Waals surface area contributed by atoms with Gasteiger partial charge in [0.1, 0.15) is 5.75 Å². The van der Waals surface area contributed by atoms with E-state index in [1.807, 2.05) is 62.4 Å². The highest BCUT2D eigenvalue weighted by molar-refractivity contribution is 6.34. The molecule has 4 nitrogen and oxygen atoms in total. The average molecular weight is 384 g/mol. The van der Waals surface area contributed by atoms with Gasteiger partial charge in [0, 0.05) is 6.42 Å². The van der Waals surface area contributed by atoms with Crippen LogP contribution in [0.25, 0.3) is 6.08 Å². The Kier molecular flexibility index (Phi) is 5.66. The van der Waals surface area contributed by atoms with Gasteiger partial charge >= 0.3 is 5.97 Å². The second-order valence-electron chi connectivity index (χ2n) is 6.74. The summed E-state index contributed by atoms with van der Waals surface area (Å²) in [6, 6.07) is 15.0. The van der Waals surface area contributed by atoms with Crippen molar-refractivity contribution in [1.29, 1.82) is 0 Å². The zero-order valence-electron chi connectivity index (χ0n) is 15.6. The van der Waals surface area contributed by atoms with Gasteiger partial charge < -0.3 is 9.47 Å². The van der Waals surface area contributed by atoms with E-state index in [1.165, 1.54) is 0 Å². The number of cyclic esters (lactones) is 1. The molecule has 27 heavy (non-hydrogen) atoms. The molecule has 0 radical (unpaired) electrons. The molecule has 0 saturated heterocycles. The number of ether oxygens (including phenoxy) is 2. The Bertz CT molecular complexity index is 887. The first-order valence-corrected chi connectivity index (χ1v) is 9.21. The van der Waals surface area contributed by atoms with E-state index in [1.54, 1.807) is 19.2 Å². The van der Waals surface area contributed by atoms with Gasteiger partial charge in [-0.25, -0.2) is 9.79 Å². The summed E-state index contributed by atoms with van der Waals surface area (Å²) < 4.78 is 10.7. The first-order valence-electron chi connectivity index (χ1n) is 8.84. The Morgan fingerprint density at radius 3 is 2.52 bits per heavy atom. The van der Waals surface area contributed by atoms with E-state index in [0.717, 1.165) is 11.3 Å². The molecule has 0 bridgehead atoms. The molecule has 0 aliphatic carbocycles. The van der Waals surface area contributed by atoms with Gasteiger partial charge in [0.2, 0.25) is 5.90 Å². The van der Waals surface area contributed by atoms with E-state index in [2.05, 4.69) is 4.99 Å². The SMILES string of the molecule is COc1ccc(/C=C/C[C@]2(C(C)C)N=C(c3ccccc3Cl)OC2=O)cc1. The van der Waals surface area contributed by atoms with E-state index < -0.39 is 5.54 Å². The fraction of sp³-hybridized carbons (Fsp3) is 0.273. The molecule has 0 unspecified atom stereocenters. The average Bonchev–Trinajstić information content (AvgIpc) is 3.00. The highest BCUT2D eigenvalue weighted by atomic mass is 35.5. The number of hydrogen-bond acceptors (Lipinski definition) is 4. The van der Waals surface area contributed by atoms with Crippen LogP contribution >= 0.6 is 11.6 Å². The maximum absolute atomic E-state index is 12.7. The molecule has 3 rings (SSSR count). The smallest absolute Gasteiger partial charge is 0.341 e. The van der Waals surface area contributed by atoms with Crippen LogP contribution in [-0.4, -0.2) is 24.5 Å². The summed E-state index contributed by atoms with van der Waals surface area (Å²) in [7, 11) is 1.64. The number of hydrogen-bond donors (Lipinski definition) is 0. The maximum atomic E-state index is 12.7. The molecule has 5 heteroatoms. The lowest BCUT2D eigenvalue weighted by molar-refractivity contribution is -0.140. The molecule has 0 spiro atoms. The molecular formula is C22H22ClNO3. The number of aliphatic imine (C=N–C) groups is 1. The molecule has 140 valence electrons. The minimum Gasteiger partial charge on any atom is -0.497 e. The zero-order valence-corrected chi connectivity index (χ0v) is 16.4. The van der Waals surface area contributed by atoms with Crippen molar-refractivity contribution in [2.24, 2.45) is 10.9 Å². The van der Waals surface area contributed by atoms with Gasteiger partial charge in [-0.15, -0.1) is 0 Å². The second kappa shape index (κ2) is 7.97. The third-order valence-electron chi connectivity index (χ3n) is 4.76. The molecule has 1 heterocycles. The van der Waals surface area contributed by atoms with Crippen LogP contribution in [0.4, 0.5) is 0 Å². The largest absolute Gasteiger partial charge is 0.497 e. The van der Waals surface area contributed by atoms with Crippen molar-refractivity contribution < 1.29 is 14.3 Å². The predicted octanol–water partition coefficient (Wildman–Crippen LogP) is 5.15. The van der Waals surface area contributed by atoms with Crippen LogP contribution in [0.15, 0.2) is 59.6 Å². The summed E-state index contributed by atoms with van der Waals surface area (Å²) in [5.41, 5.74) is 0.711. The van der Waals surface area contributed by atoms with E-state index >= 15 is 0 Å². The number of nitrogens with zero attached hydrogens (tertiary/aromatic N) is 1. The first-order chi connectivity index (χ1) is 13.0. The normalized spacial score (nSPS) is 19.4. The van der Waals surface area contributed by atoms with E-state index in [0.29, 0.717) is 17.0 Å². The zero-order chi connectivity index (χ0) is 19.4. The third-order valence-corrected chi connectivity index (χ3v) is 5.09. The lowest BCUT2D eigenvalue weighted by atomic mass is 9.84. The van der Waals surface area contributed by atoms with Gasteiger partial charge in [0.15, 0.2) is 5.54 Å². The Hall–Kier alpha value is -2.59. The lowest BCUT2D eigenvalue weighted by Crippen LogP contribution is -2.39. The summed E-state index contributed by atoms with van der Waals surface area (Å²) in [4.78, 5) is 17.4. The van der Waals surface area contributed by atoms with Crippen LogP contribution in [0.2, 0.25) is 5.02 Å². The fourth-order valence-electron chi connectivity index (χ4n) is 2.99. The van der Waals surface area contributed by atoms with Gasteiger partial charge in [-0.05, 0) is 35.7 Å². The van der Waals surface area contributed by atoms with Crippen LogP contribution in [0, 0.1) is 5.92 Å². The highest BCUT2D eigenvalue weighted by Gasteiger charge is 2.48. The number of benzene rings is 2. The van der Waals surface area contributed by atoms with Crippen LogP contribution in [-0.2, 0) is 9.53 Å². The molecule has 0 amide bonds. The Labute approximate surface area is 164 Å². The molecule has 0 aromatic heterocycles. The lowest BCUT2D eigenvalue weighted by Gasteiger charge is -2.24. The van der Waals surface area contributed by atoms with E-state index in [-0.39, 0.29) is 17.8 Å². The number of carbonyl (C=O) groups excluding carboxylic acids is 1. The van der Waals surface area contributed by atoms with Crippen LogP contribution in [0.3, 0.4) is 0 Å². The van der Waals surface area contributed by atoms with Crippen LogP contribution < -0.4 is 4.74 Å². The Morgan fingerprint density at radius 2 is 1.89 bits per heavy atom. The Morgan fingerprint density at radius 1 is 1.19 bits per heavy atom. The number of rotatable bonds is 6. The van der Waals surface area contributed by atoms with Crippen molar-refractivity contribution in [2.75, 3.05) is 7.11 Å². The molecule has 2 aromatic rings. The van der Waals surface area contributed by atoms with E-state index in [4.69, 9.17) is 21.1 Å².